The van der Waals surface area contributed by atoms with Gasteiger partial charge in [0.1, 0.15) is 11.7 Å². The summed E-state index contributed by atoms with van der Waals surface area (Å²) in [5.41, 5.74) is 0.476. The highest BCUT2D eigenvalue weighted by Crippen LogP contribution is 2.12. The van der Waals surface area contributed by atoms with Crippen LogP contribution < -0.4 is 0 Å². The van der Waals surface area contributed by atoms with Crippen LogP contribution >= 0.6 is 0 Å². The third-order valence-corrected chi connectivity index (χ3v) is 1.10. The summed E-state index contributed by atoms with van der Waals surface area (Å²) in [6, 6.07) is 0. The Balaban J connectivity index is 4.30. The molecule has 0 aliphatic carbocycles. The second-order valence-electron chi connectivity index (χ2n) is 2.43. The van der Waals surface area contributed by atoms with Gasteiger partial charge in [0.15, 0.2) is 0 Å². The first-order valence-corrected chi connectivity index (χ1v) is 3.38. The molecule has 0 rings (SSSR count). The highest BCUT2D eigenvalue weighted by Gasteiger charge is 1.95. The molecule has 0 fully saturated rings. The lowest BCUT2D eigenvalue weighted by Gasteiger charge is -1.92. The molecule has 0 aromatic rings. The lowest BCUT2D eigenvalue weighted by Crippen LogP contribution is -1.75. The van der Waals surface area contributed by atoms with Gasteiger partial charge < -0.3 is 0 Å². The van der Waals surface area contributed by atoms with E-state index in [1.54, 1.807) is 13.8 Å². The summed E-state index contributed by atoms with van der Waals surface area (Å²) in [6.07, 6.45) is 2.36. The molecule has 62 valence electrons. The van der Waals surface area contributed by atoms with E-state index in [0.29, 0.717) is 5.57 Å². The Morgan fingerprint density at radius 3 is 2.27 bits per heavy atom. The lowest BCUT2D eigenvalue weighted by molar-refractivity contribution is 0.594. The maximum absolute atomic E-state index is 12.6. The van der Waals surface area contributed by atoms with Gasteiger partial charge >= 0.3 is 0 Å². The van der Waals surface area contributed by atoms with Crippen LogP contribution in [0.15, 0.2) is 36.0 Å². The van der Waals surface area contributed by atoms with Crippen molar-refractivity contribution in [1.29, 1.82) is 0 Å². The zero-order chi connectivity index (χ0) is 8.85. The van der Waals surface area contributed by atoms with E-state index in [9.17, 15) is 8.78 Å². The fourth-order valence-corrected chi connectivity index (χ4v) is 0.479. The fourth-order valence-electron chi connectivity index (χ4n) is 0.479. The van der Waals surface area contributed by atoms with Crippen LogP contribution in [0.5, 0.6) is 0 Å². The summed E-state index contributed by atoms with van der Waals surface area (Å²) in [5, 5.41) is 0. The molecule has 0 heterocycles. The fraction of sp³-hybridized carbons (Fsp3) is 0.333. The molecule has 0 saturated heterocycles. The third-order valence-electron chi connectivity index (χ3n) is 1.10. The minimum Gasteiger partial charge on any atom is -0.211 e. The summed E-state index contributed by atoms with van der Waals surface area (Å²) in [7, 11) is 0. The van der Waals surface area contributed by atoms with Crippen LogP contribution in [-0.4, -0.2) is 0 Å². The summed E-state index contributed by atoms with van der Waals surface area (Å²) in [5.74, 6) is -1.01. The van der Waals surface area contributed by atoms with Crippen molar-refractivity contribution in [1.82, 2.24) is 0 Å². The first-order chi connectivity index (χ1) is 5.07. The van der Waals surface area contributed by atoms with E-state index in [1.165, 1.54) is 6.08 Å². The molecule has 11 heavy (non-hydrogen) atoms. The minimum absolute atomic E-state index is 0.0840. The van der Waals surface area contributed by atoms with Crippen molar-refractivity contribution in [2.24, 2.45) is 0 Å². The van der Waals surface area contributed by atoms with Gasteiger partial charge in [-0.1, -0.05) is 6.08 Å². The van der Waals surface area contributed by atoms with E-state index in [1.807, 2.05) is 0 Å². The summed E-state index contributed by atoms with van der Waals surface area (Å²) in [6.45, 7) is 6.51. The standard InChI is InChI=1S/C9H12F2/c1-4-5-8(10)6-9(11)7(2)3/h4,6H,1,5H2,2-3H3/b8-6+. The molecule has 0 bridgehead atoms. The van der Waals surface area contributed by atoms with Crippen LogP contribution in [0.3, 0.4) is 0 Å². The van der Waals surface area contributed by atoms with Crippen molar-refractivity contribution < 1.29 is 8.78 Å². The van der Waals surface area contributed by atoms with Gasteiger partial charge in [-0.2, -0.15) is 0 Å². The van der Waals surface area contributed by atoms with Crippen LogP contribution in [-0.2, 0) is 0 Å². The molecule has 0 N–H and O–H groups in total. The van der Waals surface area contributed by atoms with Crippen LogP contribution in [0.2, 0.25) is 0 Å². The average molecular weight is 158 g/mol. The monoisotopic (exact) mass is 158 g/mol. The Bertz CT molecular complexity index is 196. The van der Waals surface area contributed by atoms with Crippen molar-refractivity contribution in [3.05, 3.63) is 36.0 Å². The largest absolute Gasteiger partial charge is 0.211 e. The predicted molar refractivity (Wildman–Crippen MR) is 43.5 cm³/mol. The molecular formula is C9H12F2. The average Bonchev–Trinajstić information content (AvgIpc) is 1.87. The van der Waals surface area contributed by atoms with Gasteiger partial charge in [0, 0.05) is 12.5 Å². The Morgan fingerprint density at radius 1 is 1.36 bits per heavy atom. The first-order valence-electron chi connectivity index (χ1n) is 3.38. The van der Waals surface area contributed by atoms with Crippen LogP contribution in [0, 0.1) is 0 Å². The number of hydrogen-bond acceptors (Lipinski definition) is 0. The van der Waals surface area contributed by atoms with Gasteiger partial charge in [-0.15, -0.1) is 6.58 Å². The Kier molecular flexibility index (Phi) is 4.42. The Hall–Kier alpha value is -0.920. The first kappa shape index (κ1) is 10.1. The van der Waals surface area contributed by atoms with E-state index in [2.05, 4.69) is 6.58 Å². The molecule has 2 heteroatoms. The van der Waals surface area contributed by atoms with Gasteiger partial charge in [0.25, 0.3) is 0 Å². The van der Waals surface area contributed by atoms with Gasteiger partial charge in [-0.3, -0.25) is 0 Å². The summed E-state index contributed by atoms with van der Waals surface area (Å²) >= 11 is 0. The van der Waals surface area contributed by atoms with Crippen molar-refractivity contribution in [2.45, 2.75) is 20.3 Å². The van der Waals surface area contributed by atoms with E-state index >= 15 is 0 Å². The topological polar surface area (TPSA) is 0 Å². The predicted octanol–water partition coefficient (Wildman–Crippen LogP) is 3.68. The molecule has 0 saturated carbocycles. The maximum atomic E-state index is 12.6. The summed E-state index contributed by atoms with van der Waals surface area (Å²) in [4.78, 5) is 0. The highest BCUT2D eigenvalue weighted by atomic mass is 19.1. The smallest absolute Gasteiger partial charge is 0.124 e. The highest BCUT2D eigenvalue weighted by molar-refractivity contribution is 5.19. The Morgan fingerprint density at radius 2 is 1.91 bits per heavy atom. The van der Waals surface area contributed by atoms with E-state index < -0.39 is 11.7 Å². The number of rotatable bonds is 3. The molecule has 0 amide bonds. The number of halogens is 2. The van der Waals surface area contributed by atoms with Crippen molar-refractivity contribution >= 4 is 0 Å². The SMILES string of the molecule is C=CC/C(F)=C\C(F)=C(C)C. The normalized spacial score (nSPS) is 11.1. The van der Waals surface area contributed by atoms with Gasteiger partial charge in [0.2, 0.25) is 0 Å². The number of hydrogen-bond donors (Lipinski definition) is 0. The van der Waals surface area contributed by atoms with Gasteiger partial charge in [0.05, 0.1) is 0 Å². The molecule has 0 atom stereocenters. The van der Waals surface area contributed by atoms with Crippen molar-refractivity contribution in [3.63, 3.8) is 0 Å². The summed E-state index contributed by atoms with van der Waals surface area (Å²) < 4.78 is 25.2. The molecule has 0 aromatic heterocycles. The third kappa shape index (κ3) is 4.48. The van der Waals surface area contributed by atoms with Gasteiger partial charge in [-0.05, 0) is 19.4 Å². The zero-order valence-corrected chi connectivity index (χ0v) is 6.82. The van der Waals surface area contributed by atoms with E-state index in [4.69, 9.17) is 0 Å². The van der Waals surface area contributed by atoms with Crippen molar-refractivity contribution in [2.75, 3.05) is 0 Å². The molecule has 0 spiro atoms. The molecule has 0 unspecified atom stereocenters. The Labute approximate surface area is 65.9 Å². The zero-order valence-electron chi connectivity index (χ0n) is 6.82. The molecule has 0 aromatic carbocycles. The number of allylic oxidation sites excluding steroid dienone is 5. The van der Waals surface area contributed by atoms with E-state index in [0.717, 1.165) is 6.08 Å². The molecule has 0 aliphatic heterocycles. The lowest BCUT2D eigenvalue weighted by atomic mass is 10.2. The quantitative estimate of drug-likeness (QED) is 0.434. The van der Waals surface area contributed by atoms with E-state index in [-0.39, 0.29) is 6.42 Å². The van der Waals surface area contributed by atoms with Crippen LogP contribution in [0.25, 0.3) is 0 Å². The molecular weight excluding hydrogens is 146 g/mol. The second-order valence-corrected chi connectivity index (χ2v) is 2.43. The molecule has 0 radical (unpaired) electrons. The minimum atomic E-state index is -0.510. The van der Waals surface area contributed by atoms with Crippen LogP contribution in [0.4, 0.5) is 8.78 Å². The second kappa shape index (κ2) is 4.83. The maximum Gasteiger partial charge on any atom is 0.124 e. The van der Waals surface area contributed by atoms with Gasteiger partial charge in [-0.25, -0.2) is 8.78 Å². The van der Waals surface area contributed by atoms with Crippen LogP contribution in [0.1, 0.15) is 20.3 Å². The molecule has 0 nitrogen and oxygen atoms in total. The van der Waals surface area contributed by atoms with Crippen molar-refractivity contribution in [3.8, 4) is 0 Å². The molecule has 0 aliphatic rings.